The van der Waals surface area contributed by atoms with Gasteiger partial charge >= 0.3 is 0 Å². The van der Waals surface area contributed by atoms with E-state index in [1.807, 2.05) is 0 Å². The van der Waals surface area contributed by atoms with Gasteiger partial charge in [-0.2, -0.15) is 0 Å². The molecule has 2 rings (SSSR count). The quantitative estimate of drug-likeness (QED) is 0.665. The number of ether oxygens (including phenoxy) is 2. The fraction of sp³-hybridized carbons (Fsp3) is 0.500. The molecule has 17 heavy (non-hydrogen) atoms. The minimum atomic E-state index is -0.425. The topological polar surface area (TPSA) is 44.5 Å². The first-order chi connectivity index (χ1) is 8.20. The average Bonchev–Trinajstić information content (AvgIpc) is 2.81. The minimum absolute atomic E-state index is 0.231. The number of hydrogen-bond acceptors (Lipinski definition) is 4. The number of methoxy groups -OCH3 is 1. The Morgan fingerprint density at radius 1 is 1.59 bits per heavy atom. The molecule has 0 radical (unpaired) electrons. The molecule has 0 aromatic heterocycles. The van der Waals surface area contributed by atoms with Gasteiger partial charge in [0.15, 0.2) is 11.6 Å². The van der Waals surface area contributed by atoms with Gasteiger partial charge in [-0.15, -0.1) is 11.8 Å². The number of nitrogen functional groups attached to an aromatic ring is 1. The molecule has 1 aliphatic rings. The maximum Gasteiger partial charge on any atom is 0.167 e. The molecule has 1 atom stereocenters. The SMILES string of the molecule is COc1cc(SCC2CCCO2)c(N)cc1F. The van der Waals surface area contributed by atoms with E-state index in [9.17, 15) is 4.39 Å². The lowest BCUT2D eigenvalue weighted by Gasteiger charge is -2.11. The zero-order valence-electron chi connectivity index (χ0n) is 9.74. The van der Waals surface area contributed by atoms with Crippen molar-refractivity contribution < 1.29 is 13.9 Å². The first-order valence-corrected chi connectivity index (χ1v) is 6.56. The molecule has 3 nitrogen and oxygen atoms in total. The summed E-state index contributed by atoms with van der Waals surface area (Å²) in [5.41, 5.74) is 6.22. The number of benzene rings is 1. The van der Waals surface area contributed by atoms with E-state index < -0.39 is 5.82 Å². The van der Waals surface area contributed by atoms with E-state index in [1.54, 1.807) is 17.8 Å². The van der Waals surface area contributed by atoms with E-state index in [0.717, 1.165) is 30.1 Å². The zero-order chi connectivity index (χ0) is 12.3. The molecule has 1 heterocycles. The Balaban J connectivity index is 2.03. The summed E-state index contributed by atoms with van der Waals surface area (Å²) >= 11 is 1.59. The number of thioether (sulfide) groups is 1. The molecule has 0 saturated carbocycles. The Hall–Kier alpha value is -0.940. The highest BCUT2D eigenvalue weighted by molar-refractivity contribution is 7.99. The molecule has 2 N–H and O–H groups in total. The van der Waals surface area contributed by atoms with Crippen LogP contribution in [0.5, 0.6) is 5.75 Å². The molecule has 1 saturated heterocycles. The number of rotatable bonds is 4. The second kappa shape index (κ2) is 5.60. The molecule has 1 aromatic carbocycles. The van der Waals surface area contributed by atoms with Crippen LogP contribution in [0.15, 0.2) is 17.0 Å². The molecule has 94 valence electrons. The third kappa shape index (κ3) is 3.04. The fourth-order valence-electron chi connectivity index (χ4n) is 1.79. The van der Waals surface area contributed by atoms with Crippen molar-refractivity contribution in [3.8, 4) is 5.75 Å². The summed E-state index contributed by atoms with van der Waals surface area (Å²) in [6.45, 7) is 0.841. The maximum atomic E-state index is 13.3. The standard InChI is InChI=1S/C12H16FNO2S/c1-15-11-6-12(10(14)5-9(11)13)17-7-8-3-2-4-16-8/h5-6,8H,2-4,7,14H2,1H3. The molecule has 0 aliphatic carbocycles. The molecule has 0 spiro atoms. The third-order valence-electron chi connectivity index (χ3n) is 2.73. The van der Waals surface area contributed by atoms with Gasteiger partial charge < -0.3 is 15.2 Å². The highest BCUT2D eigenvalue weighted by Crippen LogP contribution is 2.33. The summed E-state index contributed by atoms with van der Waals surface area (Å²) < 4.78 is 23.8. The van der Waals surface area contributed by atoms with Crippen LogP contribution in [-0.2, 0) is 4.74 Å². The minimum Gasteiger partial charge on any atom is -0.494 e. The predicted octanol–water partition coefficient (Wildman–Crippen LogP) is 2.69. The molecule has 1 fully saturated rings. The van der Waals surface area contributed by atoms with Gasteiger partial charge in [0.25, 0.3) is 0 Å². The van der Waals surface area contributed by atoms with Gasteiger partial charge in [-0.05, 0) is 18.9 Å². The monoisotopic (exact) mass is 257 g/mol. The van der Waals surface area contributed by atoms with Gasteiger partial charge in [-0.1, -0.05) is 0 Å². The molecule has 0 amide bonds. The van der Waals surface area contributed by atoms with Crippen molar-refractivity contribution in [3.05, 3.63) is 17.9 Å². The van der Waals surface area contributed by atoms with Crippen molar-refractivity contribution in [2.45, 2.75) is 23.8 Å². The van der Waals surface area contributed by atoms with Crippen LogP contribution in [-0.4, -0.2) is 25.6 Å². The van der Waals surface area contributed by atoms with Crippen LogP contribution in [0.1, 0.15) is 12.8 Å². The van der Waals surface area contributed by atoms with Crippen LogP contribution >= 0.6 is 11.8 Å². The van der Waals surface area contributed by atoms with Crippen LogP contribution < -0.4 is 10.5 Å². The van der Waals surface area contributed by atoms with Gasteiger partial charge in [0.1, 0.15) is 0 Å². The average molecular weight is 257 g/mol. The van der Waals surface area contributed by atoms with Crippen molar-refractivity contribution in [2.24, 2.45) is 0 Å². The van der Waals surface area contributed by atoms with Crippen molar-refractivity contribution in [1.82, 2.24) is 0 Å². The second-order valence-corrected chi connectivity index (χ2v) is 5.03. The summed E-state index contributed by atoms with van der Waals surface area (Å²) in [6, 6.07) is 2.95. The van der Waals surface area contributed by atoms with Crippen LogP contribution in [0, 0.1) is 5.82 Å². The molecule has 1 aliphatic heterocycles. The van der Waals surface area contributed by atoms with Crippen LogP contribution in [0.25, 0.3) is 0 Å². The van der Waals surface area contributed by atoms with Crippen LogP contribution in [0.3, 0.4) is 0 Å². The van der Waals surface area contributed by atoms with Gasteiger partial charge in [0, 0.05) is 29.0 Å². The molecular weight excluding hydrogens is 241 g/mol. The summed E-state index contributed by atoms with van der Waals surface area (Å²) in [7, 11) is 1.45. The fourth-order valence-corrected chi connectivity index (χ4v) is 2.83. The largest absolute Gasteiger partial charge is 0.494 e. The van der Waals surface area contributed by atoms with Gasteiger partial charge in [0.05, 0.1) is 13.2 Å². The van der Waals surface area contributed by atoms with Gasteiger partial charge in [-0.25, -0.2) is 4.39 Å². The van der Waals surface area contributed by atoms with Crippen molar-refractivity contribution in [3.63, 3.8) is 0 Å². The normalized spacial score (nSPS) is 19.5. The van der Waals surface area contributed by atoms with Gasteiger partial charge in [-0.3, -0.25) is 0 Å². The Kier molecular flexibility index (Phi) is 4.12. The van der Waals surface area contributed by atoms with E-state index in [2.05, 4.69) is 0 Å². The number of anilines is 1. The number of nitrogens with two attached hydrogens (primary N) is 1. The predicted molar refractivity (Wildman–Crippen MR) is 67.1 cm³/mol. The van der Waals surface area contributed by atoms with E-state index in [1.165, 1.54) is 13.2 Å². The van der Waals surface area contributed by atoms with E-state index >= 15 is 0 Å². The first kappa shape index (κ1) is 12.5. The molecule has 0 bridgehead atoms. The third-order valence-corrected chi connectivity index (χ3v) is 3.94. The Morgan fingerprint density at radius 2 is 2.41 bits per heavy atom. The van der Waals surface area contributed by atoms with E-state index in [0.29, 0.717) is 5.69 Å². The summed E-state index contributed by atoms with van der Waals surface area (Å²) in [5.74, 6) is 0.652. The highest BCUT2D eigenvalue weighted by atomic mass is 32.2. The summed E-state index contributed by atoms with van der Waals surface area (Å²) in [6.07, 6.45) is 2.49. The molecule has 5 heteroatoms. The number of hydrogen-bond donors (Lipinski definition) is 1. The molecule has 1 unspecified atom stereocenters. The summed E-state index contributed by atoms with van der Waals surface area (Å²) in [4.78, 5) is 0.846. The maximum absolute atomic E-state index is 13.3. The van der Waals surface area contributed by atoms with Gasteiger partial charge in [0.2, 0.25) is 0 Å². The number of halogens is 1. The first-order valence-electron chi connectivity index (χ1n) is 5.58. The lowest BCUT2D eigenvalue weighted by atomic mass is 10.3. The smallest absolute Gasteiger partial charge is 0.167 e. The Bertz CT molecular complexity index is 394. The van der Waals surface area contributed by atoms with E-state index in [4.69, 9.17) is 15.2 Å². The lowest BCUT2D eigenvalue weighted by Crippen LogP contribution is -2.08. The second-order valence-electron chi connectivity index (χ2n) is 3.97. The molecule has 1 aromatic rings. The van der Waals surface area contributed by atoms with E-state index in [-0.39, 0.29) is 11.9 Å². The van der Waals surface area contributed by atoms with Crippen molar-refractivity contribution >= 4 is 17.4 Å². The zero-order valence-corrected chi connectivity index (χ0v) is 10.6. The van der Waals surface area contributed by atoms with Crippen molar-refractivity contribution in [1.29, 1.82) is 0 Å². The molecular formula is C12H16FNO2S. The Morgan fingerprint density at radius 3 is 3.06 bits per heavy atom. The Labute approximate surface area is 104 Å². The van der Waals surface area contributed by atoms with Crippen LogP contribution in [0.2, 0.25) is 0 Å². The summed E-state index contributed by atoms with van der Waals surface area (Å²) in [5, 5.41) is 0. The highest BCUT2D eigenvalue weighted by Gasteiger charge is 2.17. The van der Waals surface area contributed by atoms with Crippen LogP contribution in [0.4, 0.5) is 10.1 Å². The lowest BCUT2D eigenvalue weighted by molar-refractivity contribution is 0.129. The van der Waals surface area contributed by atoms with Crippen molar-refractivity contribution in [2.75, 3.05) is 25.2 Å².